The molecule has 0 aromatic heterocycles. The quantitative estimate of drug-likeness (QED) is 0.789. The maximum atomic E-state index is 13.2. The normalized spacial score (nSPS) is 23.2. The highest BCUT2D eigenvalue weighted by Crippen LogP contribution is 2.40. The molecule has 1 aromatic rings. The van der Waals surface area contributed by atoms with Crippen molar-refractivity contribution >= 4 is 17.5 Å². The maximum Gasteiger partial charge on any atom is 0.226 e. The molecule has 1 fully saturated rings. The van der Waals surface area contributed by atoms with E-state index in [1.807, 2.05) is 35.2 Å². The second-order valence-corrected chi connectivity index (χ2v) is 8.11. The smallest absolute Gasteiger partial charge is 0.226 e. The largest absolute Gasteiger partial charge is 0.394 e. The molecule has 0 aliphatic carbocycles. The monoisotopic (exact) mass is 349 g/mol. The van der Waals surface area contributed by atoms with E-state index in [1.54, 1.807) is 0 Å². The Morgan fingerprint density at radius 3 is 2.46 bits per heavy atom. The summed E-state index contributed by atoms with van der Waals surface area (Å²) in [5.74, 6) is 0.0810. The Morgan fingerprint density at radius 1 is 1.33 bits per heavy atom. The number of allylic oxidation sites excluding steroid dienone is 1. The van der Waals surface area contributed by atoms with Gasteiger partial charge in [0.05, 0.1) is 18.7 Å². The van der Waals surface area contributed by atoms with E-state index >= 15 is 0 Å². The van der Waals surface area contributed by atoms with E-state index in [0.29, 0.717) is 11.4 Å². The van der Waals surface area contributed by atoms with Gasteiger partial charge in [0.2, 0.25) is 5.91 Å². The van der Waals surface area contributed by atoms with Crippen molar-refractivity contribution in [2.24, 2.45) is 11.3 Å². The fourth-order valence-corrected chi connectivity index (χ4v) is 3.69. The molecule has 1 N–H and O–H groups in total. The van der Waals surface area contributed by atoms with Gasteiger partial charge in [-0.3, -0.25) is 4.79 Å². The van der Waals surface area contributed by atoms with Gasteiger partial charge in [0.15, 0.2) is 0 Å². The van der Waals surface area contributed by atoms with Gasteiger partial charge >= 0.3 is 0 Å². The minimum absolute atomic E-state index is 0.0211. The number of nitrogens with zero attached hydrogens (tertiary/aromatic N) is 1. The fraction of sp³-hybridized carbons (Fsp3) is 0.550. The Labute approximate surface area is 150 Å². The molecule has 1 aliphatic heterocycles. The second kappa shape index (κ2) is 7.71. The summed E-state index contributed by atoms with van der Waals surface area (Å²) in [6, 6.07) is 7.45. The van der Waals surface area contributed by atoms with Gasteiger partial charge in [-0.2, -0.15) is 0 Å². The average Bonchev–Trinajstić information content (AvgIpc) is 2.51. The predicted octanol–water partition coefficient (Wildman–Crippen LogP) is 4.60. The Bertz CT molecular complexity index is 576. The topological polar surface area (TPSA) is 40.5 Å². The van der Waals surface area contributed by atoms with Crippen molar-refractivity contribution in [2.75, 3.05) is 6.61 Å². The third kappa shape index (κ3) is 4.01. The van der Waals surface area contributed by atoms with E-state index in [9.17, 15) is 9.90 Å². The number of likely N-dealkylation sites (tertiary alicyclic amines) is 1. The first-order valence-electron chi connectivity index (χ1n) is 8.59. The van der Waals surface area contributed by atoms with Gasteiger partial charge in [0.1, 0.15) is 0 Å². The summed E-state index contributed by atoms with van der Waals surface area (Å²) in [7, 11) is 0. The molecule has 0 radical (unpaired) electrons. The lowest BCUT2D eigenvalue weighted by Crippen LogP contribution is -2.55. The third-order valence-corrected chi connectivity index (χ3v) is 5.19. The molecular weight excluding hydrogens is 322 g/mol. The van der Waals surface area contributed by atoms with E-state index in [0.717, 1.165) is 18.4 Å². The van der Waals surface area contributed by atoms with Crippen LogP contribution in [0, 0.1) is 11.3 Å². The third-order valence-electron chi connectivity index (χ3n) is 4.94. The molecule has 4 heteroatoms. The summed E-state index contributed by atoms with van der Waals surface area (Å²) in [6.07, 6.45) is 4.23. The second-order valence-electron chi connectivity index (χ2n) is 7.68. The Morgan fingerprint density at radius 2 is 1.96 bits per heavy atom. The van der Waals surface area contributed by atoms with Crippen LogP contribution in [0.2, 0.25) is 5.02 Å². The summed E-state index contributed by atoms with van der Waals surface area (Å²) in [4.78, 5) is 15.1. The predicted molar refractivity (Wildman–Crippen MR) is 98.9 cm³/mol. The Hall–Kier alpha value is -1.32. The lowest BCUT2D eigenvalue weighted by Gasteiger charge is -2.48. The minimum atomic E-state index is -0.224. The van der Waals surface area contributed by atoms with Crippen molar-refractivity contribution in [1.82, 2.24) is 4.90 Å². The Kier molecular flexibility index (Phi) is 6.11. The summed E-state index contributed by atoms with van der Waals surface area (Å²) in [5, 5.41) is 10.7. The van der Waals surface area contributed by atoms with Gasteiger partial charge in [-0.15, -0.1) is 6.58 Å². The van der Waals surface area contributed by atoms with Crippen molar-refractivity contribution in [2.45, 2.75) is 52.1 Å². The molecule has 1 aliphatic rings. The van der Waals surface area contributed by atoms with Crippen molar-refractivity contribution in [1.29, 1.82) is 0 Å². The highest BCUT2D eigenvalue weighted by molar-refractivity contribution is 6.30. The number of hydrogen-bond donors (Lipinski definition) is 1. The van der Waals surface area contributed by atoms with Crippen LogP contribution in [-0.4, -0.2) is 28.6 Å². The van der Waals surface area contributed by atoms with Crippen molar-refractivity contribution in [3.63, 3.8) is 0 Å². The molecular formula is C20H28ClNO2. The first kappa shape index (κ1) is 19.0. The van der Waals surface area contributed by atoms with Crippen LogP contribution in [0.4, 0.5) is 0 Å². The zero-order valence-electron chi connectivity index (χ0n) is 14.8. The molecule has 0 bridgehead atoms. The number of hydrogen-bond acceptors (Lipinski definition) is 2. The zero-order valence-corrected chi connectivity index (χ0v) is 15.6. The first-order valence-corrected chi connectivity index (χ1v) is 8.96. The number of halogens is 1. The molecule has 3 atom stereocenters. The average molecular weight is 350 g/mol. The summed E-state index contributed by atoms with van der Waals surface area (Å²) in [5.41, 5.74) is 0.873. The summed E-state index contributed by atoms with van der Waals surface area (Å²) < 4.78 is 0. The molecule has 0 spiro atoms. The van der Waals surface area contributed by atoms with E-state index in [-0.39, 0.29) is 35.9 Å². The summed E-state index contributed by atoms with van der Waals surface area (Å²) >= 11 is 6.01. The number of rotatable bonds is 5. The molecule has 1 aromatic carbocycles. The van der Waals surface area contributed by atoms with Gasteiger partial charge in [-0.25, -0.2) is 0 Å². The molecule has 24 heavy (non-hydrogen) atoms. The lowest BCUT2D eigenvalue weighted by atomic mass is 9.79. The first-order chi connectivity index (χ1) is 11.3. The number of aliphatic hydroxyl groups excluding tert-OH is 1. The zero-order chi connectivity index (χ0) is 17.9. The van der Waals surface area contributed by atoms with Crippen LogP contribution in [0.15, 0.2) is 36.9 Å². The molecule has 2 rings (SSSR count). The van der Waals surface area contributed by atoms with Crippen LogP contribution < -0.4 is 0 Å². The van der Waals surface area contributed by atoms with E-state index in [1.165, 1.54) is 0 Å². The van der Waals surface area contributed by atoms with Gasteiger partial charge < -0.3 is 10.0 Å². The maximum absolute atomic E-state index is 13.2. The SMILES string of the molecule is C=CCC1CCC(c2ccc(Cl)cc2)N(C(CO)C(C)(C)C)C1=O. The molecule has 3 nitrogen and oxygen atoms in total. The molecule has 3 unspecified atom stereocenters. The molecule has 132 valence electrons. The van der Waals surface area contributed by atoms with Gasteiger partial charge in [0.25, 0.3) is 0 Å². The molecule has 0 saturated carbocycles. The number of benzene rings is 1. The van der Waals surface area contributed by atoms with Crippen LogP contribution in [-0.2, 0) is 4.79 Å². The van der Waals surface area contributed by atoms with Gasteiger partial charge in [-0.1, -0.05) is 50.6 Å². The number of carbonyl (C=O) groups is 1. The number of aliphatic hydroxyl groups is 1. The summed E-state index contributed by atoms with van der Waals surface area (Å²) in [6.45, 7) is 9.94. The van der Waals surface area contributed by atoms with Crippen molar-refractivity contribution < 1.29 is 9.90 Å². The Balaban J connectivity index is 2.42. The highest BCUT2D eigenvalue weighted by Gasteiger charge is 2.42. The fourth-order valence-electron chi connectivity index (χ4n) is 3.57. The highest BCUT2D eigenvalue weighted by atomic mass is 35.5. The van der Waals surface area contributed by atoms with Crippen LogP contribution in [0.1, 0.15) is 51.6 Å². The van der Waals surface area contributed by atoms with Crippen LogP contribution in [0.5, 0.6) is 0 Å². The van der Waals surface area contributed by atoms with Gasteiger partial charge in [0, 0.05) is 10.9 Å². The lowest BCUT2D eigenvalue weighted by molar-refractivity contribution is -0.150. The van der Waals surface area contributed by atoms with E-state index < -0.39 is 0 Å². The van der Waals surface area contributed by atoms with Crippen LogP contribution >= 0.6 is 11.6 Å². The van der Waals surface area contributed by atoms with Crippen molar-refractivity contribution in [3.8, 4) is 0 Å². The standard InChI is InChI=1S/C20H28ClNO2/c1-5-6-15-9-12-17(14-7-10-16(21)11-8-14)22(19(15)24)18(13-23)20(2,3)4/h5,7-8,10-11,15,17-18,23H,1,6,9,12-13H2,2-4H3. The number of piperidine rings is 1. The molecule has 1 saturated heterocycles. The minimum Gasteiger partial charge on any atom is -0.394 e. The van der Waals surface area contributed by atoms with E-state index in [2.05, 4.69) is 27.4 Å². The van der Waals surface area contributed by atoms with Crippen molar-refractivity contribution in [3.05, 3.63) is 47.5 Å². The van der Waals surface area contributed by atoms with Gasteiger partial charge in [-0.05, 0) is 42.4 Å². The number of carbonyl (C=O) groups excluding carboxylic acids is 1. The van der Waals surface area contributed by atoms with Crippen LogP contribution in [0.25, 0.3) is 0 Å². The van der Waals surface area contributed by atoms with E-state index in [4.69, 9.17) is 11.6 Å². The molecule has 1 amide bonds. The van der Waals surface area contributed by atoms with Crippen LogP contribution in [0.3, 0.4) is 0 Å². The number of amides is 1. The molecule has 1 heterocycles.